The molecule has 0 spiro atoms. The van der Waals surface area contributed by atoms with Gasteiger partial charge in [0.15, 0.2) is 0 Å². The van der Waals surface area contributed by atoms with Crippen LogP contribution in [0.4, 0.5) is 0 Å². The van der Waals surface area contributed by atoms with Crippen LogP contribution in [0.1, 0.15) is 42.7 Å². The SMILES string of the molecule is CCc1[nH]ncc1C(=O)N1CCC(C(C)N2CCOCC2)CC1. The molecule has 1 aromatic heterocycles. The summed E-state index contributed by atoms with van der Waals surface area (Å²) >= 11 is 0. The molecule has 128 valence electrons. The lowest BCUT2D eigenvalue weighted by Gasteiger charge is -2.41. The van der Waals surface area contributed by atoms with E-state index in [1.54, 1.807) is 6.20 Å². The van der Waals surface area contributed by atoms with Gasteiger partial charge in [0.2, 0.25) is 0 Å². The van der Waals surface area contributed by atoms with Gasteiger partial charge in [-0.2, -0.15) is 5.10 Å². The molecule has 23 heavy (non-hydrogen) atoms. The molecule has 2 aliphatic heterocycles. The molecule has 6 nitrogen and oxygen atoms in total. The molecule has 6 heteroatoms. The normalized spacial score (nSPS) is 22.3. The van der Waals surface area contributed by atoms with Gasteiger partial charge in [0, 0.05) is 37.9 Å². The Hall–Kier alpha value is -1.40. The lowest BCUT2D eigenvalue weighted by atomic mass is 9.89. The fourth-order valence-electron chi connectivity index (χ4n) is 3.80. The number of hydrogen-bond donors (Lipinski definition) is 1. The number of likely N-dealkylation sites (tertiary alicyclic amines) is 1. The highest BCUT2D eigenvalue weighted by atomic mass is 16.5. The van der Waals surface area contributed by atoms with Crippen molar-refractivity contribution in [3.8, 4) is 0 Å². The minimum absolute atomic E-state index is 0.132. The minimum Gasteiger partial charge on any atom is -0.379 e. The molecule has 0 radical (unpaired) electrons. The van der Waals surface area contributed by atoms with Crippen LogP contribution in [-0.2, 0) is 11.2 Å². The zero-order valence-electron chi connectivity index (χ0n) is 14.3. The minimum atomic E-state index is 0.132. The maximum absolute atomic E-state index is 12.7. The number of aromatic nitrogens is 2. The molecule has 1 amide bonds. The van der Waals surface area contributed by atoms with E-state index in [-0.39, 0.29) is 5.91 Å². The second kappa shape index (κ2) is 7.45. The Morgan fingerprint density at radius 3 is 2.70 bits per heavy atom. The molecule has 2 fully saturated rings. The van der Waals surface area contributed by atoms with Crippen molar-refractivity contribution in [2.24, 2.45) is 5.92 Å². The molecule has 2 saturated heterocycles. The quantitative estimate of drug-likeness (QED) is 0.914. The number of aryl methyl sites for hydroxylation is 1. The molecule has 0 saturated carbocycles. The summed E-state index contributed by atoms with van der Waals surface area (Å²) < 4.78 is 5.45. The summed E-state index contributed by atoms with van der Waals surface area (Å²) in [6.07, 6.45) is 4.66. The first kappa shape index (κ1) is 16.5. The number of morpholine rings is 1. The monoisotopic (exact) mass is 320 g/mol. The Bertz CT molecular complexity index is 516. The summed E-state index contributed by atoms with van der Waals surface area (Å²) in [4.78, 5) is 17.2. The number of ether oxygens (including phenoxy) is 1. The first-order valence-corrected chi connectivity index (χ1v) is 8.84. The van der Waals surface area contributed by atoms with Crippen molar-refractivity contribution in [1.82, 2.24) is 20.0 Å². The van der Waals surface area contributed by atoms with E-state index in [4.69, 9.17) is 4.74 Å². The summed E-state index contributed by atoms with van der Waals surface area (Å²) in [6, 6.07) is 0.580. The molecule has 1 unspecified atom stereocenters. The summed E-state index contributed by atoms with van der Waals surface area (Å²) in [5.41, 5.74) is 1.69. The van der Waals surface area contributed by atoms with E-state index in [1.807, 2.05) is 11.8 Å². The molecule has 0 aliphatic carbocycles. The zero-order chi connectivity index (χ0) is 16.2. The third kappa shape index (κ3) is 3.58. The standard InChI is InChI=1S/C17H28N4O2/c1-3-16-15(12-18-19-16)17(22)21-6-4-14(5-7-21)13(2)20-8-10-23-11-9-20/h12-14H,3-11H2,1-2H3,(H,18,19). The first-order chi connectivity index (χ1) is 11.2. The van der Waals surface area contributed by atoms with Crippen molar-refractivity contribution in [2.45, 2.75) is 39.2 Å². The van der Waals surface area contributed by atoms with Gasteiger partial charge in [0.25, 0.3) is 5.91 Å². The summed E-state index contributed by atoms with van der Waals surface area (Å²) in [5, 5.41) is 6.95. The van der Waals surface area contributed by atoms with Crippen molar-refractivity contribution in [1.29, 1.82) is 0 Å². The molecular formula is C17H28N4O2. The van der Waals surface area contributed by atoms with Gasteiger partial charge in [-0.25, -0.2) is 0 Å². The molecular weight excluding hydrogens is 292 g/mol. The van der Waals surface area contributed by atoms with Crippen LogP contribution in [0, 0.1) is 5.92 Å². The first-order valence-electron chi connectivity index (χ1n) is 8.84. The number of rotatable bonds is 4. The third-order valence-corrected chi connectivity index (χ3v) is 5.43. The number of nitrogens with zero attached hydrogens (tertiary/aromatic N) is 3. The second-order valence-electron chi connectivity index (χ2n) is 6.63. The highest BCUT2D eigenvalue weighted by Gasteiger charge is 2.31. The van der Waals surface area contributed by atoms with Crippen LogP contribution in [0.15, 0.2) is 6.20 Å². The van der Waals surface area contributed by atoms with E-state index < -0.39 is 0 Å². The van der Waals surface area contributed by atoms with Gasteiger partial charge in [-0.3, -0.25) is 14.8 Å². The average Bonchev–Trinajstić information content (AvgIpc) is 3.10. The van der Waals surface area contributed by atoms with Crippen LogP contribution < -0.4 is 0 Å². The highest BCUT2D eigenvalue weighted by molar-refractivity contribution is 5.95. The lowest BCUT2D eigenvalue weighted by molar-refractivity contribution is -0.000956. The molecule has 1 N–H and O–H groups in total. The Labute approximate surface area is 138 Å². The van der Waals surface area contributed by atoms with Gasteiger partial charge in [0.1, 0.15) is 0 Å². The predicted octanol–water partition coefficient (Wildman–Crippen LogP) is 1.54. The van der Waals surface area contributed by atoms with Gasteiger partial charge in [0.05, 0.1) is 25.0 Å². The third-order valence-electron chi connectivity index (χ3n) is 5.43. The maximum Gasteiger partial charge on any atom is 0.257 e. The second-order valence-corrected chi connectivity index (χ2v) is 6.63. The number of piperidine rings is 1. The largest absolute Gasteiger partial charge is 0.379 e. The molecule has 3 rings (SSSR count). The molecule has 1 atom stereocenters. The van der Waals surface area contributed by atoms with Gasteiger partial charge < -0.3 is 9.64 Å². The van der Waals surface area contributed by atoms with E-state index in [1.165, 1.54) is 0 Å². The van der Waals surface area contributed by atoms with Crippen LogP contribution in [0.3, 0.4) is 0 Å². The summed E-state index contributed by atoms with van der Waals surface area (Å²) in [7, 11) is 0. The molecule has 0 bridgehead atoms. The van der Waals surface area contributed by atoms with Crippen molar-refractivity contribution < 1.29 is 9.53 Å². The molecule has 1 aromatic rings. The van der Waals surface area contributed by atoms with Crippen LogP contribution in [-0.4, -0.2) is 71.3 Å². The lowest BCUT2D eigenvalue weighted by Crippen LogP contribution is -2.49. The Balaban J connectivity index is 1.54. The number of hydrogen-bond acceptors (Lipinski definition) is 4. The fraction of sp³-hybridized carbons (Fsp3) is 0.765. The maximum atomic E-state index is 12.7. The van der Waals surface area contributed by atoms with Gasteiger partial charge >= 0.3 is 0 Å². The molecule has 0 aromatic carbocycles. The van der Waals surface area contributed by atoms with Crippen molar-refractivity contribution in [3.63, 3.8) is 0 Å². The van der Waals surface area contributed by atoms with Crippen LogP contribution in [0.25, 0.3) is 0 Å². The van der Waals surface area contributed by atoms with Crippen LogP contribution >= 0.6 is 0 Å². The molecule has 2 aliphatic rings. The Morgan fingerprint density at radius 2 is 2.04 bits per heavy atom. The number of nitrogens with one attached hydrogen (secondary N) is 1. The van der Waals surface area contributed by atoms with Gasteiger partial charge in [-0.1, -0.05) is 6.92 Å². The van der Waals surface area contributed by atoms with Crippen LogP contribution in [0.5, 0.6) is 0 Å². The Morgan fingerprint density at radius 1 is 1.35 bits per heavy atom. The zero-order valence-corrected chi connectivity index (χ0v) is 14.3. The number of amides is 1. The van der Waals surface area contributed by atoms with Gasteiger partial charge in [-0.15, -0.1) is 0 Å². The van der Waals surface area contributed by atoms with E-state index >= 15 is 0 Å². The van der Waals surface area contributed by atoms with Crippen molar-refractivity contribution in [2.75, 3.05) is 39.4 Å². The fourth-order valence-corrected chi connectivity index (χ4v) is 3.80. The van der Waals surface area contributed by atoms with Crippen molar-refractivity contribution >= 4 is 5.91 Å². The predicted molar refractivity (Wildman–Crippen MR) is 88.4 cm³/mol. The Kier molecular flexibility index (Phi) is 5.33. The van der Waals surface area contributed by atoms with Gasteiger partial charge in [-0.05, 0) is 32.1 Å². The van der Waals surface area contributed by atoms with E-state index in [0.29, 0.717) is 12.0 Å². The number of aromatic amines is 1. The highest BCUT2D eigenvalue weighted by Crippen LogP contribution is 2.25. The number of carbonyl (C=O) groups excluding carboxylic acids is 1. The van der Waals surface area contributed by atoms with Crippen LogP contribution in [0.2, 0.25) is 0 Å². The van der Waals surface area contributed by atoms with E-state index in [2.05, 4.69) is 22.0 Å². The summed E-state index contributed by atoms with van der Waals surface area (Å²) in [5.74, 6) is 0.806. The van der Waals surface area contributed by atoms with Crippen molar-refractivity contribution in [3.05, 3.63) is 17.5 Å². The smallest absolute Gasteiger partial charge is 0.257 e. The topological polar surface area (TPSA) is 61.5 Å². The van der Waals surface area contributed by atoms with E-state index in [0.717, 1.165) is 69.9 Å². The average molecular weight is 320 g/mol. The molecule has 3 heterocycles. The summed E-state index contributed by atoms with van der Waals surface area (Å²) in [6.45, 7) is 9.85. The number of carbonyl (C=O) groups is 1. The number of H-pyrrole nitrogens is 1. The van der Waals surface area contributed by atoms with E-state index in [9.17, 15) is 4.79 Å².